The van der Waals surface area contributed by atoms with Crippen LogP contribution in [0.5, 0.6) is 0 Å². The number of rotatable bonds is 2. The Morgan fingerprint density at radius 2 is 1.85 bits per heavy atom. The minimum absolute atomic E-state index is 0.861. The van der Waals surface area contributed by atoms with Crippen molar-refractivity contribution >= 4 is 15.9 Å². The molecule has 2 aromatic rings. The van der Waals surface area contributed by atoms with Crippen LogP contribution in [0, 0.1) is 0 Å². The van der Waals surface area contributed by atoms with Crippen molar-refractivity contribution in [1.29, 1.82) is 0 Å². The molecule has 0 saturated carbocycles. The molecule has 1 aromatic heterocycles. The van der Waals surface area contributed by atoms with Gasteiger partial charge in [-0.25, -0.2) is 0 Å². The molecule has 0 N–H and O–H groups in total. The molecule has 1 nitrogen and oxygen atoms in total. The van der Waals surface area contributed by atoms with Crippen LogP contribution in [0.25, 0.3) is 0 Å². The van der Waals surface area contributed by atoms with E-state index in [2.05, 4.69) is 28.1 Å². The van der Waals surface area contributed by atoms with Gasteiger partial charge in [0, 0.05) is 10.9 Å². The van der Waals surface area contributed by atoms with Crippen LogP contribution in [0.2, 0.25) is 0 Å². The summed E-state index contributed by atoms with van der Waals surface area (Å²) >= 11 is 3.40. The summed E-state index contributed by atoms with van der Waals surface area (Å²) in [5.74, 6) is 1.00. The highest BCUT2D eigenvalue weighted by Gasteiger charge is 1.97. The quantitative estimate of drug-likeness (QED) is 0.777. The summed E-state index contributed by atoms with van der Waals surface area (Å²) in [6.07, 6.45) is 2.56. The van der Waals surface area contributed by atoms with Crippen LogP contribution in [0.3, 0.4) is 0 Å². The first-order valence-corrected chi connectivity index (χ1v) is 4.91. The largest absolute Gasteiger partial charge is 0.469 e. The van der Waals surface area contributed by atoms with Crippen molar-refractivity contribution in [3.05, 3.63) is 58.5 Å². The van der Waals surface area contributed by atoms with Gasteiger partial charge >= 0.3 is 0 Å². The third-order valence-corrected chi connectivity index (χ3v) is 2.40. The third-order valence-electron chi connectivity index (χ3n) is 1.87. The topological polar surface area (TPSA) is 13.1 Å². The van der Waals surface area contributed by atoms with Gasteiger partial charge in [-0.3, -0.25) is 0 Å². The highest BCUT2D eigenvalue weighted by atomic mass is 79.9. The van der Waals surface area contributed by atoms with E-state index in [-0.39, 0.29) is 0 Å². The fourth-order valence-electron chi connectivity index (χ4n) is 1.22. The lowest BCUT2D eigenvalue weighted by atomic mass is 10.1. The molecule has 2 heteroatoms. The molecular formula is C11H9BrO. The van der Waals surface area contributed by atoms with Crippen molar-refractivity contribution in [3.63, 3.8) is 0 Å². The molecular weight excluding hydrogens is 228 g/mol. The highest BCUT2D eigenvalue weighted by Crippen LogP contribution is 2.14. The molecule has 0 atom stereocenters. The monoisotopic (exact) mass is 236 g/mol. The van der Waals surface area contributed by atoms with Crippen molar-refractivity contribution in [2.45, 2.75) is 6.42 Å². The number of halogens is 1. The maximum absolute atomic E-state index is 5.26. The van der Waals surface area contributed by atoms with E-state index in [0.717, 1.165) is 16.7 Å². The summed E-state index contributed by atoms with van der Waals surface area (Å²) in [6.45, 7) is 0. The molecule has 0 unspecified atom stereocenters. The van der Waals surface area contributed by atoms with E-state index in [1.165, 1.54) is 5.56 Å². The molecule has 66 valence electrons. The molecule has 0 bridgehead atoms. The van der Waals surface area contributed by atoms with Crippen molar-refractivity contribution < 1.29 is 4.42 Å². The molecule has 2 rings (SSSR count). The van der Waals surface area contributed by atoms with Gasteiger partial charge in [0.05, 0.1) is 6.26 Å². The number of hydrogen-bond acceptors (Lipinski definition) is 1. The molecule has 0 fully saturated rings. The van der Waals surface area contributed by atoms with Crippen LogP contribution in [-0.2, 0) is 6.42 Å². The first kappa shape index (κ1) is 8.57. The smallest absolute Gasteiger partial charge is 0.108 e. The standard InChI is InChI=1S/C11H9BrO/c12-10-5-3-9(4-6-10)8-11-2-1-7-13-11/h1-7H,8H2. The summed E-state index contributed by atoms with van der Waals surface area (Å²) in [4.78, 5) is 0. The van der Waals surface area contributed by atoms with E-state index in [4.69, 9.17) is 4.42 Å². The molecule has 13 heavy (non-hydrogen) atoms. The molecule has 1 heterocycles. The Morgan fingerprint density at radius 1 is 1.08 bits per heavy atom. The van der Waals surface area contributed by atoms with Gasteiger partial charge in [0.2, 0.25) is 0 Å². The van der Waals surface area contributed by atoms with Crippen LogP contribution >= 0.6 is 15.9 Å². The Hall–Kier alpha value is -1.02. The summed E-state index contributed by atoms with van der Waals surface area (Å²) < 4.78 is 6.36. The summed E-state index contributed by atoms with van der Waals surface area (Å²) in [5, 5.41) is 0. The first-order chi connectivity index (χ1) is 6.34. The van der Waals surface area contributed by atoms with E-state index in [1.807, 2.05) is 24.3 Å². The van der Waals surface area contributed by atoms with Crippen molar-refractivity contribution in [2.75, 3.05) is 0 Å². The van der Waals surface area contributed by atoms with E-state index in [0.29, 0.717) is 0 Å². The van der Waals surface area contributed by atoms with Crippen LogP contribution in [0.4, 0.5) is 0 Å². The minimum Gasteiger partial charge on any atom is -0.469 e. The molecule has 0 spiro atoms. The zero-order valence-corrected chi connectivity index (χ0v) is 8.62. The second-order valence-electron chi connectivity index (χ2n) is 2.88. The zero-order chi connectivity index (χ0) is 9.10. The lowest BCUT2D eigenvalue weighted by Gasteiger charge is -1.97. The fraction of sp³-hybridized carbons (Fsp3) is 0.0909. The van der Waals surface area contributed by atoms with Gasteiger partial charge in [-0.05, 0) is 29.8 Å². The molecule has 0 saturated heterocycles. The third kappa shape index (κ3) is 2.22. The predicted octanol–water partition coefficient (Wildman–Crippen LogP) is 3.63. The SMILES string of the molecule is Brc1ccc(Cc2ccco2)cc1. The van der Waals surface area contributed by atoms with Crippen LogP contribution in [-0.4, -0.2) is 0 Å². The lowest BCUT2D eigenvalue weighted by Crippen LogP contribution is -1.83. The number of furan rings is 1. The van der Waals surface area contributed by atoms with Crippen LogP contribution < -0.4 is 0 Å². The molecule has 0 aliphatic carbocycles. The van der Waals surface area contributed by atoms with E-state index in [9.17, 15) is 0 Å². The fourth-order valence-corrected chi connectivity index (χ4v) is 1.48. The molecule has 0 amide bonds. The van der Waals surface area contributed by atoms with Crippen molar-refractivity contribution in [1.82, 2.24) is 0 Å². The zero-order valence-electron chi connectivity index (χ0n) is 7.03. The molecule has 0 aliphatic rings. The summed E-state index contributed by atoms with van der Waals surface area (Å²) in [6, 6.07) is 12.2. The Labute approximate surface area is 85.5 Å². The van der Waals surface area contributed by atoms with Gasteiger partial charge in [-0.15, -0.1) is 0 Å². The maximum Gasteiger partial charge on any atom is 0.108 e. The van der Waals surface area contributed by atoms with E-state index in [1.54, 1.807) is 6.26 Å². The van der Waals surface area contributed by atoms with Crippen LogP contribution in [0.1, 0.15) is 11.3 Å². The Morgan fingerprint density at radius 3 is 2.46 bits per heavy atom. The van der Waals surface area contributed by atoms with Gasteiger partial charge in [0.25, 0.3) is 0 Å². The van der Waals surface area contributed by atoms with Gasteiger partial charge in [-0.2, -0.15) is 0 Å². The molecule has 0 radical (unpaired) electrons. The average Bonchev–Trinajstić information content (AvgIpc) is 2.62. The van der Waals surface area contributed by atoms with Crippen molar-refractivity contribution in [2.24, 2.45) is 0 Å². The van der Waals surface area contributed by atoms with Gasteiger partial charge in [-0.1, -0.05) is 28.1 Å². The Bertz CT molecular complexity index is 361. The van der Waals surface area contributed by atoms with Gasteiger partial charge in [0.15, 0.2) is 0 Å². The predicted molar refractivity (Wildman–Crippen MR) is 55.7 cm³/mol. The van der Waals surface area contributed by atoms with Crippen molar-refractivity contribution in [3.8, 4) is 0 Å². The van der Waals surface area contributed by atoms with E-state index >= 15 is 0 Å². The Balaban J connectivity index is 2.15. The Kier molecular flexibility index (Phi) is 2.50. The molecule has 1 aromatic carbocycles. The van der Waals surface area contributed by atoms with E-state index < -0.39 is 0 Å². The lowest BCUT2D eigenvalue weighted by molar-refractivity contribution is 0.521. The average molecular weight is 237 g/mol. The summed E-state index contributed by atoms with van der Waals surface area (Å²) in [7, 11) is 0. The second kappa shape index (κ2) is 3.79. The van der Waals surface area contributed by atoms with Gasteiger partial charge < -0.3 is 4.42 Å². The first-order valence-electron chi connectivity index (χ1n) is 4.11. The normalized spacial score (nSPS) is 10.2. The maximum atomic E-state index is 5.26. The highest BCUT2D eigenvalue weighted by molar-refractivity contribution is 9.10. The van der Waals surface area contributed by atoms with Crippen LogP contribution in [0.15, 0.2) is 51.6 Å². The number of benzene rings is 1. The number of hydrogen-bond donors (Lipinski definition) is 0. The molecule has 0 aliphatic heterocycles. The second-order valence-corrected chi connectivity index (χ2v) is 3.80. The van der Waals surface area contributed by atoms with Gasteiger partial charge in [0.1, 0.15) is 5.76 Å². The minimum atomic E-state index is 0.861. The summed E-state index contributed by atoms with van der Waals surface area (Å²) in [5.41, 5.74) is 1.26.